The van der Waals surface area contributed by atoms with Crippen molar-refractivity contribution >= 4 is 21.4 Å². The van der Waals surface area contributed by atoms with E-state index in [2.05, 4.69) is 9.62 Å². The molecule has 1 N–H and O–H groups in total. The summed E-state index contributed by atoms with van der Waals surface area (Å²) in [4.78, 5) is 2.50. The summed E-state index contributed by atoms with van der Waals surface area (Å²) in [6, 6.07) is 3.60. The Morgan fingerprint density at radius 3 is 1.91 bits per heavy atom. The maximum Gasteiger partial charge on any atom is 0.262 e. The van der Waals surface area contributed by atoms with Crippen LogP contribution >= 0.6 is 0 Å². The Hall–Kier alpha value is -2.45. The minimum Gasteiger partial charge on any atom is -0.492 e. The van der Waals surface area contributed by atoms with Gasteiger partial charge in [0.05, 0.1) is 42.7 Å². The van der Waals surface area contributed by atoms with E-state index in [1.807, 2.05) is 54.5 Å². The summed E-state index contributed by atoms with van der Waals surface area (Å²) >= 11 is 0. The van der Waals surface area contributed by atoms with Gasteiger partial charge in [0.1, 0.15) is 11.5 Å². The molecule has 1 heterocycles. The zero-order chi connectivity index (χ0) is 24.3. The van der Waals surface area contributed by atoms with Crippen LogP contribution in [0.2, 0.25) is 0 Å². The quantitative estimate of drug-likeness (QED) is 0.597. The van der Waals surface area contributed by atoms with Crippen LogP contribution < -0.4 is 19.1 Å². The van der Waals surface area contributed by atoms with Crippen molar-refractivity contribution in [1.82, 2.24) is 0 Å². The minimum absolute atomic E-state index is 0.320. The highest BCUT2D eigenvalue weighted by Gasteiger charge is 2.26. The number of hydrogen-bond acceptors (Lipinski definition) is 6. The predicted octanol–water partition coefficient (Wildman–Crippen LogP) is 4.66. The fraction of sp³-hybridized carbons (Fsp3) is 0.520. The van der Waals surface area contributed by atoms with Gasteiger partial charge in [-0.1, -0.05) is 0 Å². The van der Waals surface area contributed by atoms with Gasteiger partial charge in [-0.05, 0) is 76.3 Å². The molecule has 1 fully saturated rings. The van der Waals surface area contributed by atoms with E-state index in [1.165, 1.54) is 0 Å². The minimum atomic E-state index is -3.87. The van der Waals surface area contributed by atoms with Gasteiger partial charge in [0.25, 0.3) is 10.0 Å². The molecular weight excluding hydrogens is 440 g/mol. The summed E-state index contributed by atoms with van der Waals surface area (Å²) in [5, 5.41) is 0. The molecule has 0 aliphatic carbocycles. The lowest BCUT2D eigenvalue weighted by Gasteiger charge is -2.31. The summed E-state index contributed by atoms with van der Waals surface area (Å²) in [5.41, 5.74) is 5.86. The number of nitrogens with zero attached hydrogens (tertiary/aromatic N) is 1. The second-order valence-corrected chi connectivity index (χ2v) is 9.96. The van der Waals surface area contributed by atoms with Gasteiger partial charge in [-0.2, -0.15) is 0 Å². The largest absolute Gasteiger partial charge is 0.492 e. The van der Waals surface area contributed by atoms with Crippen LogP contribution in [0.4, 0.5) is 11.4 Å². The molecule has 0 bridgehead atoms. The molecule has 182 valence electrons. The maximum absolute atomic E-state index is 13.6. The first kappa shape index (κ1) is 25.2. The van der Waals surface area contributed by atoms with Gasteiger partial charge in [-0.15, -0.1) is 0 Å². The highest BCUT2D eigenvalue weighted by Crippen LogP contribution is 2.41. The molecule has 0 unspecified atom stereocenters. The molecule has 1 aliphatic rings. The van der Waals surface area contributed by atoms with Gasteiger partial charge in [-0.25, -0.2) is 8.42 Å². The molecule has 0 atom stereocenters. The Labute approximate surface area is 198 Å². The van der Waals surface area contributed by atoms with E-state index in [4.69, 9.17) is 14.2 Å². The summed E-state index contributed by atoms with van der Waals surface area (Å²) in [6.45, 7) is 17.1. The van der Waals surface area contributed by atoms with Crippen molar-refractivity contribution in [3.05, 3.63) is 39.9 Å². The maximum atomic E-state index is 13.6. The molecule has 2 aromatic carbocycles. The average molecular weight is 477 g/mol. The fourth-order valence-corrected chi connectivity index (χ4v) is 5.95. The molecular formula is C25H36N2O5S. The fourth-order valence-electron chi connectivity index (χ4n) is 4.29. The van der Waals surface area contributed by atoms with E-state index in [0.717, 1.165) is 46.6 Å². The molecule has 2 aromatic rings. The van der Waals surface area contributed by atoms with Gasteiger partial charge >= 0.3 is 0 Å². The summed E-state index contributed by atoms with van der Waals surface area (Å²) < 4.78 is 47.3. The van der Waals surface area contributed by atoms with Crippen LogP contribution in [0.5, 0.6) is 11.5 Å². The topological polar surface area (TPSA) is 77.1 Å². The Morgan fingerprint density at radius 2 is 1.36 bits per heavy atom. The highest BCUT2D eigenvalue weighted by molar-refractivity contribution is 7.92. The molecule has 33 heavy (non-hydrogen) atoms. The van der Waals surface area contributed by atoms with Crippen LogP contribution in [-0.2, 0) is 14.8 Å². The number of rotatable bonds is 8. The number of morpholine rings is 1. The van der Waals surface area contributed by atoms with Crippen LogP contribution in [0, 0.1) is 34.6 Å². The third kappa shape index (κ3) is 5.06. The van der Waals surface area contributed by atoms with Crippen LogP contribution in [0.3, 0.4) is 0 Å². The molecule has 0 amide bonds. The highest BCUT2D eigenvalue weighted by atomic mass is 32.2. The third-order valence-electron chi connectivity index (χ3n) is 6.46. The molecule has 0 aromatic heterocycles. The van der Waals surface area contributed by atoms with E-state index >= 15 is 0 Å². The average Bonchev–Trinajstić information content (AvgIpc) is 2.78. The third-order valence-corrected chi connectivity index (χ3v) is 8.10. The van der Waals surface area contributed by atoms with E-state index in [9.17, 15) is 8.42 Å². The van der Waals surface area contributed by atoms with Gasteiger partial charge in [0.15, 0.2) is 0 Å². The standard InChI is InChI=1S/C25H36N2O5S/c1-8-31-23-15-22(27-10-12-30-13-11-27)24(32-9-2)14-21(23)26-33(28,29)25-19(6)17(4)16(3)18(5)20(25)7/h14-15,26H,8-13H2,1-7H3. The van der Waals surface area contributed by atoms with Gasteiger partial charge in [-0.3, -0.25) is 4.72 Å². The van der Waals surface area contributed by atoms with E-state index in [-0.39, 0.29) is 0 Å². The van der Waals surface area contributed by atoms with Crippen molar-refractivity contribution in [2.45, 2.75) is 53.4 Å². The lowest BCUT2D eigenvalue weighted by molar-refractivity contribution is 0.122. The Balaban J connectivity index is 2.11. The molecule has 0 radical (unpaired) electrons. The molecule has 3 rings (SSSR count). The van der Waals surface area contributed by atoms with Crippen LogP contribution in [0.25, 0.3) is 0 Å². The van der Waals surface area contributed by atoms with E-state index in [1.54, 1.807) is 6.07 Å². The summed E-state index contributed by atoms with van der Waals surface area (Å²) in [6.07, 6.45) is 0. The molecule has 8 heteroatoms. The molecule has 1 saturated heterocycles. The summed E-state index contributed by atoms with van der Waals surface area (Å²) in [5.74, 6) is 1.09. The first-order valence-corrected chi connectivity index (χ1v) is 13.0. The zero-order valence-corrected chi connectivity index (χ0v) is 21.6. The molecule has 1 aliphatic heterocycles. The monoisotopic (exact) mass is 476 g/mol. The van der Waals surface area contributed by atoms with Crippen molar-refractivity contribution in [3.8, 4) is 11.5 Å². The number of nitrogens with one attached hydrogen (secondary N) is 1. The molecule has 7 nitrogen and oxygen atoms in total. The van der Waals surface area contributed by atoms with Crippen molar-refractivity contribution in [2.75, 3.05) is 49.1 Å². The molecule has 0 spiro atoms. The summed E-state index contributed by atoms with van der Waals surface area (Å²) in [7, 11) is -3.87. The van der Waals surface area contributed by atoms with Crippen LogP contribution in [0.1, 0.15) is 41.7 Å². The normalized spacial score (nSPS) is 14.3. The number of hydrogen-bond donors (Lipinski definition) is 1. The van der Waals surface area contributed by atoms with Crippen molar-refractivity contribution in [3.63, 3.8) is 0 Å². The first-order valence-electron chi connectivity index (χ1n) is 11.5. The van der Waals surface area contributed by atoms with E-state index in [0.29, 0.717) is 48.5 Å². The predicted molar refractivity (Wildman–Crippen MR) is 133 cm³/mol. The van der Waals surface area contributed by atoms with E-state index < -0.39 is 10.0 Å². The van der Waals surface area contributed by atoms with Crippen molar-refractivity contribution in [1.29, 1.82) is 0 Å². The second kappa shape index (κ2) is 10.2. The number of ether oxygens (including phenoxy) is 3. The number of anilines is 2. The smallest absolute Gasteiger partial charge is 0.262 e. The van der Waals surface area contributed by atoms with Crippen molar-refractivity contribution in [2.24, 2.45) is 0 Å². The number of benzene rings is 2. The van der Waals surface area contributed by atoms with Crippen LogP contribution in [-0.4, -0.2) is 47.9 Å². The van der Waals surface area contributed by atoms with Gasteiger partial charge in [0, 0.05) is 25.2 Å². The van der Waals surface area contributed by atoms with Gasteiger partial charge < -0.3 is 19.1 Å². The number of sulfonamides is 1. The Morgan fingerprint density at radius 1 is 0.848 bits per heavy atom. The lowest BCUT2D eigenvalue weighted by Crippen LogP contribution is -2.36. The Kier molecular flexibility index (Phi) is 7.80. The Bertz CT molecular complexity index is 1090. The lowest BCUT2D eigenvalue weighted by atomic mass is 9.95. The van der Waals surface area contributed by atoms with Gasteiger partial charge in [0.2, 0.25) is 0 Å². The first-order chi connectivity index (χ1) is 15.6. The SMILES string of the molecule is CCOc1cc(N2CCOCC2)c(OCC)cc1NS(=O)(=O)c1c(C)c(C)c(C)c(C)c1C. The second-order valence-electron chi connectivity index (χ2n) is 8.34. The van der Waals surface area contributed by atoms with Crippen LogP contribution in [0.15, 0.2) is 17.0 Å². The molecule has 0 saturated carbocycles. The van der Waals surface area contributed by atoms with Crippen molar-refractivity contribution < 1.29 is 22.6 Å². The zero-order valence-electron chi connectivity index (χ0n) is 20.8.